The number of carbonyl (C=O) groups is 2. The lowest BCUT2D eigenvalue weighted by molar-refractivity contribution is -0.135. The van der Waals surface area contributed by atoms with Crippen LogP contribution in [0.3, 0.4) is 0 Å². The van der Waals surface area contributed by atoms with E-state index in [1.54, 1.807) is 4.90 Å². The van der Waals surface area contributed by atoms with E-state index in [0.29, 0.717) is 13.1 Å². The zero-order valence-electron chi connectivity index (χ0n) is 18.4. The number of likely N-dealkylation sites (tertiary alicyclic amines) is 1. The van der Waals surface area contributed by atoms with Gasteiger partial charge >= 0.3 is 0 Å². The quantitative estimate of drug-likeness (QED) is 0.719. The first kappa shape index (κ1) is 21.4. The van der Waals surface area contributed by atoms with Gasteiger partial charge < -0.3 is 19.4 Å². The van der Waals surface area contributed by atoms with E-state index in [4.69, 9.17) is 4.74 Å². The Labute approximate surface area is 184 Å². The van der Waals surface area contributed by atoms with Crippen LogP contribution in [-0.4, -0.2) is 61.5 Å². The Morgan fingerprint density at radius 1 is 1.10 bits per heavy atom. The Bertz CT molecular complexity index is 894. The molecule has 2 aliphatic heterocycles. The molecule has 2 aromatic carbocycles. The van der Waals surface area contributed by atoms with Crippen LogP contribution < -0.4 is 4.90 Å². The molecule has 0 unspecified atom stereocenters. The van der Waals surface area contributed by atoms with Gasteiger partial charge in [-0.25, -0.2) is 0 Å². The molecule has 4 rings (SSSR count). The summed E-state index contributed by atoms with van der Waals surface area (Å²) in [6, 6.07) is 18.3. The van der Waals surface area contributed by atoms with Crippen molar-refractivity contribution in [1.82, 2.24) is 9.80 Å². The first-order valence-electron chi connectivity index (χ1n) is 11.0. The van der Waals surface area contributed by atoms with Crippen molar-refractivity contribution in [2.75, 3.05) is 44.8 Å². The molecular weight excluding hydrogens is 390 g/mol. The summed E-state index contributed by atoms with van der Waals surface area (Å²) in [6.45, 7) is 6.39. The van der Waals surface area contributed by atoms with E-state index >= 15 is 0 Å². The summed E-state index contributed by atoms with van der Waals surface area (Å²) in [7, 11) is 1.83. The van der Waals surface area contributed by atoms with E-state index in [9.17, 15) is 9.59 Å². The number of anilines is 1. The molecule has 0 spiro atoms. The summed E-state index contributed by atoms with van der Waals surface area (Å²) in [6.07, 6.45) is 0.288. The summed E-state index contributed by atoms with van der Waals surface area (Å²) in [4.78, 5) is 31.6. The van der Waals surface area contributed by atoms with Gasteiger partial charge in [0.2, 0.25) is 11.8 Å². The smallest absolute Gasteiger partial charge is 0.228 e. The molecule has 0 radical (unpaired) electrons. The molecule has 0 saturated carbocycles. The lowest BCUT2D eigenvalue weighted by Gasteiger charge is -2.29. The van der Waals surface area contributed by atoms with Crippen molar-refractivity contribution in [3.8, 4) is 0 Å². The van der Waals surface area contributed by atoms with E-state index in [1.165, 1.54) is 5.69 Å². The molecule has 0 bridgehead atoms. The summed E-state index contributed by atoms with van der Waals surface area (Å²) >= 11 is 0. The van der Waals surface area contributed by atoms with E-state index in [1.807, 2.05) is 49.2 Å². The third-order valence-electron chi connectivity index (χ3n) is 6.37. The van der Waals surface area contributed by atoms with Crippen LogP contribution in [0, 0.1) is 5.92 Å². The average molecular weight is 422 g/mol. The van der Waals surface area contributed by atoms with Gasteiger partial charge in [-0.2, -0.15) is 0 Å². The minimum absolute atomic E-state index is 0.0236. The maximum absolute atomic E-state index is 13.0. The third-order valence-corrected chi connectivity index (χ3v) is 6.37. The van der Waals surface area contributed by atoms with Crippen LogP contribution in [0.5, 0.6) is 0 Å². The lowest BCUT2D eigenvalue weighted by atomic mass is 10.1. The number of benzene rings is 2. The summed E-state index contributed by atoms with van der Waals surface area (Å²) in [5, 5.41) is 0. The number of hydrogen-bond acceptors (Lipinski definition) is 4. The maximum atomic E-state index is 13.0. The Kier molecular flexibility index (Phi) is 6.56. The van der Waals surface area contributed by atoms with Gasteiger partial charge in [-0.05, 0) is 30.2 Å². The van der Waals surface area contributed by atoms with Crippen LogP contribution in [0.1, 0.15) is 30.5 Å². The first-order chi connectivity index (χ1) is 15.0. The highest BCUT2D eigenvalue weighted by molar-refractivity contribution is 5.89. The molecular formula is C25H31N3O3. The Morgan fingerprint density at radius 2 is 1.77 bits per heavy atom. The number of carbonyl (C=O) groups excluding carboxylic acids is 2. The number of nitrogens with zero attached hydrogens (tertiary/aromatic N) is 3. The molecule has 0 aromatic heterocycles. The van der Waals surface area contributed by atoms with Gasteiger partial charge in [0, 0.05) is 45.3 Å². The summed E-state index contributed by atoms with van der Waals surface area (Å²) in [5.41, 5.74) is 3.37. The highest BCUT2D eigenvalue weighted by Gasteiger charge is 2.38. The highest BCUT2D eigenvalue weighted by Crippen LogP contribution is 2.29. The first-order valence-corrected chi connectivity index (χ1v) is 11.0. The fourth-order valence-electron chi connectivity index (χ4n) is 4.48. The fraction of sp³-hybridized carbons (Fsp3) is 0.440. The molecule has 2 fully saturated rings. The SMILES string of the molecule is C[C@@H](c1ccccc1)N1C[C@H](C(=O)N(C)Cc2ccc(N3CCOCC3)cc2)CC1=O. The van der Waals surface area contributed by atoms with Gasteiger partial charge in [-0.15, -0.1) is 0 Å². The van der Waals surface area contributed by atoms with Crippen LogP contribution >= 0.6 is 0 Å². The molecule has 164 valence electrons. The molecule has 6 nitrogen and oxygen atoms in total. The van der Waals surface area contributed by atoms with Gasteiger partial charge in [0.1, 0.15) is 0 Å². The average Bonchev–Trinajstić information content (AvgIpc) is 3.21. The predicted molar refractivity (Wildman–Crippen MR) is 121 cm³/mol. The number of morpholine rings is 1. The topological polar surface area (TPSA) is 53.1 Å². The summed E-state index contributed by atoms with van der Waals surface area (Å²) < 4.78 is 5.41. The highest BCUT2D eigenvalue weighted by atomic mass is 16.5. The molecule has 2 saturated heterocycles. The number of ether oxygens (including phenoxy) is 1. The number of hydrogen-bond donors (Lipinski definition) is 0. The standard InChI is InChI=1S/C25H31N3O3/c1-19(21-6-4-3-5-7-21)28-18-22(16-24(28)29)25(30)26(2)17-20-8-10-23(11-9-20)27-12-14-31-15-13-27/h3-11,19,22H,12-18H2,1-2H3/t19-,22+/m0/s1. The molecule has 2 atom stereocenters. The van der Waals surface area contributed by atoms with Crippen molar-refractivity contribution in [2.45, 2.75) is 25.9 Å². The minimum atomic E-state index is -0.281. The van der Waals surface area contributed by atoms with Crippen LogP contribution in [0.15, 0.2) is 54.6 Å². The second-order valence-electron chi connectivity index (χ2n) is 8.49. The van der Waals surface area contributed by atoms with E-state index in [-0.39, 0.29) is 30.2 Å². The van der Waals surface area contributed by atoms with Crippen molar-refractivity contribution in [3.63, 3.8) is 0 Å². The van der Waals surface area contributed by atoms with Gasteiger partial charge in [-0.1, -0.05) is 42.5 Å². The van der Waals surface area contributed by atoms with Crippen molar-refractivity contribution >= 4 is 17.5 Å². The van der Waals surface area contributed by atoms with Gasteiger partial charge in [0.05, 0.1) is 25.2 Å². The zero-order valence-corrected chi connectivity index (χ0v) is 18.4. The molecule has 6 heteroatoms. The maximum Gasteiger partial charge on any atom is 0.228 e. The van der Waals surface area contributed by atoms with Crippen LogP contribution in [-0.2, 0) is 20.9 Å². The summed E-state index contributed by atoms with van der Waals surface area (Å²) in [5.74, 6) is -0.192. The van der Waals surface area contributed by atoms with Crippen molar-refractivity contribution < 1.29 is 14.3 Å². The van der Waals surface area contributed by atoms with Gasteiger partial charge in [0.25, 0.3) is 0 Å². The van der Waals surface area contributed by atoms with Crippen LogP contribution in [0.2, 0.25) is 0 Å². The van der Waals surface area contributed by atoms with Crippen molar-refractivity contribution in [1.29, 1.82) is 0 Å². The van der Waals surface area contributed by atoms with E-state index in [0.717, 1.165) is 37.4 Å². The monoisotopic (exact) mass is 421 g/mol. The normalized spacial score (nSPS) is 20.1. The molecule has 0 aliphatic carbocycles. The Balaban J connectivity index is 1.34. The molecule has 0 N–H and O–H groups in total. The molecule has 2 amide bonds. The lowest BCUT2D eigenvalue weighted by Crippen LogP contribution is -2.36. The molecule has 2 aliphatic rings. The Hall–Kier alpha value is -2.86. The van der Waals surface area contributed by atoms with Crippen molar-refractivity contribution in [3.05, 3.63) is 65.7 Å². The Morgan fingerprint density at radius 3 is 2.45 bits per heavy atom. The van der Waals surface area contributed by atoms with Crippen molar-refractivity contribution in [2.24, 2.45) is 5.92 Å². The van der Waals surface area contributed by atoms with Gasteiger partial charge in [-0.3, -0.25) is 9.59 Å². The van der Waals surface area contributed by atoms with Crippen LogP contribution in [0.25, 0.3) is 0 Å². The second-order valence-corrected chi connectivity index (χ2v) is 8.49. The molecule has 2 aromatic rings. The fourth-order valence-corrected chi connectivity index (χ4v) is 4.48. The molecule has 31 heavy (non-hydrogen) atoms. The largest absolute Gasteiger partial charge is 0.378 e. The zero-order chi connectivity index (χ0) is 21.8. The van der Waals surface area contributed by atoms with Gasteiger partial charge in [0.15, 0.2) is 0 Å². The van der Waals surface area contributed by atoms with E-state index in [2.05, 4.69) is 29.2 Å². The number of rotatable bonds is 6. The van der Waals surface area contributed by atoms with Crippen LogP contribution in [0.4, 0.5) is 5.69 Å². The predicted octanol–water partition coefficient (Wildman–Crippen LogP) is 3.09. The minimum Gasteiger partial charge on any atom is -0.378 e. The van der Waals surface area contributed by atoms with E-state index < -0.39 is 0 Å². The molecule has 2 heterocycles. The number of amides is 2. The second kappa shape index (κ2) is 9.52. The third kappa shape index (κ3) is 4.90.